The SMILES string of the molecule is O=C(O)c1ccc([N+](=O)[O-])c(OCCOc2ccc(Cl)cc2)c1. The third-order valence-corrected chi connectivity index (χ3v) is 3.08. The zero-order valence-corrected chi connectivity index (χ0v) is 12.5. The Bertz CT molecular complexity index is 716. The highest BCUT2D eigenvalue weighted by Crippen LogP contribution is 2.28. The highest BCUT2D eigenvalue weighted by Gasteiger charge is 2.17. The summed E-state index contributed by atoms with van der Waals surface area (Å²) in [4.78, 5) is 21.2. The topological polar surface area (TPSA) is 98.9 Å². The molecule has 0 unspecified atom stereocenters. The molecule has 2 rings (SSSR count). The standard InChI is InChI=1S/C15H12ClNO6/c16-11-2-4-12(5-3-11)22-7-8-23-14-9-10(15(18)19)1-6-13(14)17(20)21/h1-6,9H,7-8H2,(H,18,19). The largest absolute Gasteiger partial charge is 0.490 e. The van der Waals surface area contributed by atoms with E-state index in [1.54, 1.807) is 24.3 Å². The lowest BCUT2D eigenvalue weighted by Gasteiger charge is -2.09. The van der Waals surface area contributed by atoms with Gasteiger partial charge in [0.1, 0.15) is 19.0 Å². The van der Waals surface area contributed by atoms with E-state index >= 15 is 0 Å². The van der Waals surface area contributed by atoms with Crippen LogP contribution in [0.4, 0.5) is 5.69 Å². The smallest absolute Gasteiger partial charge is 0.335 e. The highest BCUT2D eigenvalue weighted by molar-refractivity contribution is 6.30. The van der Waals surface area contributed by atoms with Gasteiger partial charge in [0.2, 0.25) is 0 Å². The molecule has 7 nitrogen and oxygen atoms in total. The molecule has 120 valence electrons. The van der Waals surface area contributed by atoms with E-state index in [2.05, 4.69) is 0 Å². The summed E-state index contributed by atoms with van der Waals surface area (Å²) in [7, 11) is 0. The van der Waals surface area contributed by atoms with Crippen molar-refractivity contribution in [3.05, 3.63) is 63.2 Å². The van der Waals surface area contributed by atoms with Crippen molar-refractivity contribution in [2.45, 2.75) is 0 Å². The molecule has 0 radical (unpaired) electrons. The van der Waals surface area contributed by atoms with Crippen LogP contribution in [-0.2, 0) is 0 Å². The number of nitro benzene ring substituents is 1. The summed E-state index contributed by atoms with van der Waals surface area (Å²) in [5.74, 6) is -0.733. The van der Waals surface area contributed by atoms with E-state index in [9.17, 15) is 14.9 Å². The van der Waals surface area contributed by atoms with Gasteiger partial charge in [0, 0.05) is 17.2 Å². The van der Waals surface area contributed by atoms with Crippen LogP contribution in [0.25, 0.3) is 0 Å². The van der Waals surface area contributed by atoms with Gasteiger partial charge in [-0.05, 0) is 30.3 Å². The normalized spacial score (nSPS) is 10.1. The number of ether oxygens (including phenoxy) is 2. The lowest BCUT2D eigenvalue weighted by molar-refractivity contribution is -0.385. The fourth-order valence-electron chi connectivity index (χ4n) is 1.76. The van der Waals surface area contributed by atoms with Crippen LogP contribution in [0.1, 0.15) is 10.4 Å². The molecule has 0 fully saturated rings. The van der Waals surface area contributed by atoms with E-state index in [4.69, 9.17) is 26.2 Å². The molecule has 1 N–H and O–H groups in total. The van der Waals surface area contributed by atoms with Gasteiger partial charge in [-0.3, -0.25) is 10.1 Å². The molecule has 0 spiro atoms. The number of hydrogen-bond donors (Lipinski definition) is 1. The summed E-state index contributed by atoms with van der Waals surface area (Å²) in [5, 5.41) is 20.4. The summed E-state index contributed by atoms with van der Waals surface area (Å²) in [5.41, 5.74) is -0.397. The van der Waals surface area contributed by atoms with E-state index in [0.717, 1.165) is 18.2 Å². The van der Waals surface area contributed by atoms with Gasteiger partial charge >= 0.3 is 11.7 Å². The Morgan fingerprint density at radius 3 is 2.39 bits per heavy atom. The zero-order chi connectivity index (χ0) is 16.8. The van der Waals surface area contributed by atoms with Crippen molar-refractivity contribution in [2.75, 3.05) is 13.2 Å². The molecule has 0 amide bonds. The zero-order valence-electron chi connectivity index (χ0n) is 11.8. The number of nitro groups is 1. The van der Waals surface area contributed by atoms with Crippen molar-refractivity contribution in [1.82, 2.24) is 0 Å². The van der Waals surface area contributed by atoms with Gasteiger partial charge in [0.15, 0.2) is 5.75 Å². The summed E-state index contributed by atoms with van der Waals surface area (Å²) < 4.78 is 10.7. The summed E-state index contributed by atoms with van der Waals surface area (Å²) in [6, 6.07) is 10.0. The Kier molecular flexibility index (Phi) is 5.37. The van der Waals surface area contributed by atoms with E-state index < -0.39 is 10.9 Å². The molecule has 0 aromatic heterocycles. The summed E-state index contributed by atoms with van der Waals surface area (Å²) in [6.45, 7) is 0.155. The Labute approximate surface area is 136 Å². The van der Waals surface area contributed by atoms with Crippen molar-refractivity contribution in [3.8, 4) is 11.5 Å². The Morgan fingerprint density at radius 1 is 1.13 bits per heavy atom. The molecule has 0 aliphatic heterocycles. The third kappa shape index (κ3) is 4.58. The van der Waals surface area contributed by atoms with Crippen molar-refractivity contribution in [1.29, 1.82) is 0 Å². The van der Waals surface area contributed by atoms with Crippen LogP contribution >= 0.6 is 11.6 Å². The second kappa shape index (κ2) is 7.46. The van der Waals surface area contributed by atoms with Crippen molar-refractivity contribution in [3.63, 3.8) is 0 Å². The van der Waals surface area contributed by atoms with E-state index in [-0.39, 0.29) is 30.2 Å². The summed E-state index contributed by atoms with van der Waals surface area (Å²) >= 11 is 5.75. The molecule has 0 saturated heterocycles. The number of carbonyl (C=O) groups is 1. The molecule has 0 bridgehead atoms. The van der Waals surface area contributed by atoms with Crippen molar-refractivity contribution in [2.24, 2.45) is 0 Å². The lowest BCUT2D eigenvalue weighted by atomic mass is 10.2. The second-order valence-corrected chi connectivity index (χ2v) is 4.83. The quantitative estimate of drug-likeness (QED) is 0.472. The number of rotatable bonds is 7. The maximum absolute atomic E-state index is 10.9. The number of carboxylic acids is 1. The number of aromatic carboxylic acids is 1. The van der Waals surface area contributed by atoms with Gasteiger partial charge in [-0.15, -0.1) is 0 Å². The predicted octanol–water partition coefficient (Wildman–Crippen LogP) is 3.40. The maximum atomic E-state index is 10.9. The monoisotopic (exact) mass is 337 g/mol. The molecular weight excluding hydrogens is 326 g/mol. The highest BCUT2D eigenvalue weighted by atomic mass is 35.5. The molecule has 0 heterocycles. The fraction of sp³-hybridized carbons (Fsp3) is 0.133. The van der Waals surface area contributed by atoms with Gasteiger partial charge in [-0.1, -0.05) is 11.6 Å². The van der Waals surface area contributed by atoms with Crippen LogP contribution in [0.3, 0.4) is 0 Å². The molecule has 0 aliphatic carbocycles. The van der Waals surface area contributed by atoms with Crippen LogP contribution in [0, 0.1) is 10.1 Å². The average Bonchev–Trinajstić information content (AvgIpc) is 2.52. The molecular formula is C15H12ClNO6. The first-order valence-corrected chi connectivity index (χ1v) is 6.88. The first-order chi connectivity index (χ1) is 11.0. The first kappa shape index (κ1) is 16.6. The number of nitrogens with zero attached hydrogens (tertiary/aromatic N) is 1. The van der Waals surface area contributed by atoms with Gasteiger partial charge in [0.05, 0.1) is 10.5 Å². The molecule has 2 aromatic rings. The van der Waals surface area contributed by atoms with Crippen molar-refractivity contribution < 1.29 is 24.3 Å². The number of benzene rings is 2. The minimum absolute atomic E-state index is 0.0204. The predicted molar refractivity (Wildman–Crippen MR) is 82.5 cm³/mol. The van der Waals surface area contributed by atoms with E-state index in [0.29, 0.717) is 10.8 Å². The second-order valence-electron chi connectivity index (χ2n) is 4.40. The van der Waals surface area contributed by atoms with Gasteiger partial charge in [-0.2, -0.15) is 0 Å². The van der Waals surface area contributed by atoms with Gasteiger partial charge in [-0.25, -0.2) is 4.79 Å². The van der Waals surface area contributed by atoms with Crippen LogP contribution < -0.4 is 9.47 Å². The molecule has 2 aromatic carbocycles. The lowest BCUT2D eigenvalue weighted by Crippen LogP contribution is -2.10. The number of hydrogen-bond acceptors (Lipinski definition) is 5. The molecule has 23 heavy (non-hydrogen) atoms. The number of carboxylic acid groups (broad SMARTS) is 1. The van der Waals surface area contributed by atoms with Crippen molar-refractivity contribution >= 4 is 23.3 Å². The minimum atomic E-state index is -1.19. The van der Waals surface area contributed by atoms with Crippen LogP contribution in [0.15, 0.2) is 42.5 Å². The Hall–Kier alpha value is -2.80. The Morgan fingerprint density at radius 2 is 1.78 bits per heavy atom. The van der Waals surface area contributed by atoms with Crippen LogP contribution in [-0.4, -0.2) is 29.2 Å². The van der Waals surface area contributed by atoms with E-state index in [1.165, 1.54) is 0 Å². The van der Waals surface area contributed by atoms with Gasteiger partial charge in [0.25, 0.3) is 0 Å². The average molecular weight is 338 g/mol. The van der Waals surface area contributed by atoms with Crippen LogP contribution in [0.2, 0.25) is 5.02 Å². The van der Waals surface area contributed by atoms with E-state index in [1.807, 2.05) is 0 Å². The van der Waals surface area contributed by atoms with Crippen LogP contribution in [0.5, 0.6) is 11.5 Å². The fourth-order valence-corrected chi connectivity index (χ4v) is 1.88. The number of halogens is 1. The molecule has 0 atom stereocenters. The maximum Gasteiger partial charge on any atom is 0.335 e. The molecule has 0 aliphatic rings. The Balaban J connectivity index is 1.98. The first-order valence-electron chi connectivity index (χ1n) is 6.50. The molecule has 8 heteroatoms. The minimum Gasteiger partial charge on any atom is -0.490 e. The third-order valence-electron chi connectivity index (χ3n) is 2.83. The molecule has 0 saturated carbocycles. The summed E-state index contributed by atoms with van der Waals surface area (Å²) in [6.07, 6.45) is 0. The van der Waals surface area contributed by atoms with Gasteiger partial charge < -0.3 is 14.6 Å².